The molecule has 0 radical (unpaired) electrons. The lowest BCUT2D eigenvalue weighted by molar-refractivity contribution is 1.33. The summed E-state index contributed by atoms with van der Waals surface area (Å²) in [5, 5.41) is 0. The third-order valence-corrected chi connectivity index (χ3v) is 4.88. The number of hydrazine groups is 1. The van der Waals surface area contributed by atoms with Crippen LogP contribution in [0.4, 0.5) is 5.69 Å². The number of benzene rings is 1. The minimum atomic E-state index is 0.982. The monoisotopic (exact) mass is 486 g/mol. The number of nitrogens with two attached hydrogens (primary N) is 1. The lowest BCUT2D eigenvalue weighted by Gasteiger charge is -2.04. The molecule has 2 nitrogen and oxygen atoms in total. The highest BCUT2D eigenvalue weighted by Crippen LogP contribution is 2.24. The standard InChI is InChI=1S/C6H5I3N2/c7-3-1-5(9)6(11-10)2-4(3)8/h1-2,11H,10H2. The van der Waals surface area contributed by atoms with Crippen molar-refractivity contribution in [2.75, 3.05) is 5.43 Å². The van der Waals surface area contributed by atoms with Gasteiger partial charge in [-0.15, -0.1) is 0 Å². The first-order valence-electron chi connectivity index (χ1n) is 2.76. The number of nitrogen functional groups attached to an aromatic ring is 1. The van der Waals surface area contributed by atoms with Gasteiger partial charge in [-0.2, -0.15) is 0 Å². The summed E-state index contributed by atoms with van der Waals surface area (Å²) in [6.45, 7) is 0. The fraction of sp³-hybridized carbons (Fsp3) is 0. The zero-order chi connectivity index (χ0) is 8.43. The van der Waals surface area contributed by atoms with E-state index < -0.39 is 0 Å². The van der Waals surface area contributed by atoms with E-state index in [4.69, 9.17) is 5.84 Å². The van der Waals surface area contributed by atoms with Gasteiger partial charge in [0.15, 0.2) is 0 Å². The van der Waals surface area contributed by atoms with Gasteiger partial charge < -0.3 is 5.43 Å². The Balaban J connectivity index is 3.21. The minimum absolute atomic E-state index is 0.982. The molecule has 0 atom stereocenters. The molecule has 0 aromatic heterocycles. The van der Waals surface area contributed by atoms with Crippen LogP contribution in [-0.2, 0) is 0 Å². The van der Waals surface area contributed by atoms with E-state index in [0.29, 0.717) is 0 Å². The van der Waals surface area contributed by atoms with Crippen molar-refractivity contribution >= 4 is 73.5 Å². The summed E-state index contributed by atoms with van der Waals surface area (Å²) >= 11 is 6.84. The van der Waals surface area contributed by atoms with Crippen molar-refractivity contribution in [3.63, 3.8) is 0 Å². The SMILES string of the molecule is NNc1cc(I)c(I)cc1I. The number of rotatable bonds is 1. The van der Waals surface area contributed by atoms with Crippen LogP contribution in [0, 0.1) is 10.7 Å². The third kappa shape index (κ3) is 2.56. The van der Waals surface area contributed by atoms with E-state index >= 15 is 0 Å². The Morgan fingerprint density at radius 1 is 1.00 bits per heavy atom. The highest BCUT2D eigenvalue weighted by atomic mass is 127. The minimum Gasteiger partial charge on any atom is -0.323 e. The Hall–Kier alpha value is 1.17. The highest BCUT2D eigenvalue weighted by Gasteiger charge is 2.02. The summed E-state index contributed by atoms with van der Waals surface area (Å²) in [5.41, 5.74) is 3.63. The molecular weight excluding hydrogens is 481 g/mol. The Bertz CT molecular complexity index is 275. The Kier molecular flexibility index (Phi) is 4.12. The zero-order valence-corrected chi connectivity index (χ0v) is 11.8. The van der Waals surface area contributed by atoms with Gasteiger partial charge in [-0.05, 0) is 79.9 Å². The maximum atomic E-state index is 5.31. The van der Waals surface area contributed by atoms with Crippen molar-refractivity contribution in [3.8, 4) is 0 Å². The number of halogens is 3. The van der Waals surface area contributed by atoms with Crippen LogP contribution in [0.2, 0.25) is 0 Å². The van der Waals surface area contributed by atoms with Crippen molar-refractivity contribution in [2.45, 2.75) is 0 Å². The molecule has 0 saturated carbocycles. The predicted octanol–water partition coefficient (Wildman–Crippen LogP) is 2.79. The van der Waals surface area contributed by atoms with Crippen LogP contribution in [0.25, 0.3) is 0 Å². The molecule has 0 unspecified atom stereocenters. The molecule has 60 valence electrons. The second kappa shape index (κ2) is 4.42. The average molecular weight is 486 g/mol. The molecule has 3 N–H and O–H groups in total. The summed E-state index contributed by atoms with van der Waals surface area (Å²) in [4.78, 5) is 0. The van der Waals surface area contributed by atoms with E-state index in [1.165, 1.54) is 7.14 Å². The molecule has 11 heavy (non-hydrogen) atoms. The summed E-state index contributed by atoms with van der Waals surface area (Å²) in [6.07, 6.45) is 0. The van der Waals surface area contributed by atoms with E-state index in [1.807, 2.05) is 6.07 Å². The summed E-state index contributed by atoms with van der Waals surface area (Å²) in [7, 11) is 0. The summed E-state index contributed by atoms with van der Waals surface area (Å²) < 4.78 is 3.62. The lowest BCUT2D eigenvalue weighted by Crippen LogP contribution is -2.08. The molecule has 0 aliphatic rings. The molecule has 1 aromatic carbocycles. The lowest BCUT2D eigenvalue weighted by atomic mass is 10.3. The van der Waals surface area contributed by atoms with Crippen LogP contribution in [-0.4, -0.2) is 0 Å². The van der Waals surface area contributed by atoms with Crippen molar-refractivity contribution in [1.29, 1.82) is 0 Å². The van der Waals surface area contributed by atoms with Crippen molar-refractivity contribution in [3.05, 3.63) is 22.8 Å². The molecular formula is C6H5I3N2. The van der Waals surface area contributed by atoms with Crippen molar-refractivity contribution in [1.82, 2.24) is 0 Å². The number of hydrogen-bond acceptors (Lipinski definition) is 2. The van der Waals surface area contributed by atoms with Gasteiger partial charge in [-0.1, -0.05) is 0 Å². The second-order valence-corrected chi connectivity index (χ2v) is 5.38. The molecule has 0 heterocycles. The van der Waals surface area contributed by atoms with E-state index in [-0.39, 0.29) is 0 Å². The van der Waals surface area contributed by atoms with Crippen molar-refractivity contribution < 1.29 is 0 Å². The van der Waals surface area contributed by atoms with Gasteiger partial charge in [-0.3, -0.25) is 5.84 Å². The third-order valence-electron chi connectivity index (χ3n) is 1.17. The fourth-order valence-electron chi connectivity index (χ4n) is 0.633. The fourth-order valence-corrected chi connectivity index (χ4v) is 2.79. The highest BCUT2D eigenvalue weighted by molar-refractivity contribution is 14.1. The van der Waals surface area contributed by atoms with Crippen LogP contribution in [0.3, 0.4) is 0 Å². The molecule has 1 aromatic rings. The first kappa shape index (κ1) is 10.3. The van der Waals surface area contributed by atoms with E-state index in [1.54, 1.807) is 0 Å². The number of hydrogen-bond donors (Lipinski definition) is 2. The van der Waals surface area contributed by atoms with Crippen LogP contribution in [0.1, 0.15) is 0 Å². The topological polar surface area (TPSA) is 38.0 Å². The Morgan fingerprint density at radius 2 is 1.55 bits per heavy atom. The summed E-state index contributed by atoms with van der Waals surface area (Å²) in [6, 6.07) is 4.13. The summed E-state index contributed by atoms with van der Waals surface area (Å²) in [5.74, 6) is 5.31. The first-order valence-corrected chi connectivity index (χ1v) is 6.00. The second-order valence-electron chi connectivity index (χ2n) is 1.89. The number of anilines is 1. The quantitative estimate of drug-likeness (QED) is 0.278. The molecule has 0 amide bonds. The van der Waals surface area contributed by atoms with Gasteiger partial charge in [0.05, 0.1) is 5.69 Å². The van der Waals surface area contributed by atoms with Gasteiger partial charge >= 0.3 is 0 Å². The largest absolute Gasteiger partial charge is 0.323 e. The van der Waals surface area contributed by atoms with E-state index in [2.05, 4.69) is 79.3 Å². The molecule has 1 rings (SSSR count). The average Bonchev–Trinajstić information content (AvgIpc) is 1.97. The van der Waals surface area contributed by atoms with Gasteiger partial charge in [0.2, 0.25) is 0 Å². The maximum absolute atomic E-state index is 5.31. The molecule has 0 spiro atoms. The number of nitrogens with one attached hydrogen (secondary N) is 1. The Labute approximate surface area is 106 Å². The van der Waals surface area contributed by atoms with Gasteiger partial charge in [0.1, 0.15) is 0 Å². The van der Waals surface area contributed by atoms with Gasteiger partial charge in [0, 0.05) is 10.7 Å². The molecule has 0 bridgehead atoms. The van der Waals surface area contributed by atoms with Crippen LogP contribution < -0.4 is 11.3 Å². The predicted molar refractivity (Wildman–Crippen MR) is 72.4 cm³/mol. The van der Waals surface area contributed by atoms with Crippen LogP contribution >= 0.6 is 67.8 Å². The smallest absolute Gasteiger partial charge is 0.0629 e. The van der Waals surface area contributed by atoms with E-state index in [9.17, 15) is 0 Å². The Morgan fingerprint density at radius 3 is 2.09 bits per heavy atom. The van der Waals surface area contributed by atoms with Crippen LogP contribution in [0.5, 0.6) is 0 Å². The normalized spacial score (nSPS) is 9.82. The van der Waals surface area contributed by atoms with Gasteiger partial charge in [0.25, 0.3) is 0 Å². The molecule has 0 fully saturated rings. The first-order chi connectivity index (χ1) is 5.15. The van der Waals surface area contributed by atoms with Gasteiger partial charge in [-0.25, -0.2) is 0 Å². The molecule has 5 heteroatoms. The maximum Gasteiger partial charge on any atom is 0.0629 e. The van der Waals surface area contributed by atoms with Crippen LogP contribution in [0.15, 0.2) is 12.1 Å². The zero-order valence-electron chi connectivity index (χ0n) is 5.37. The van der Waals surface area contributed by atoms with E-state index in [0.717, 1.165) is 9.26 Å². The molecule has 0 saturated heterocycles. The molecule has 0 aliphatic heterocycles. The molecule has 0 aliphatic carbocycles. The van der Waals surface area contributed by atoms with Crippen molar-refractivity contribution in [2.24, 2.45) is 5.84 Å².